The molecule has 0 saturated carbocycles. The summed E-state index contributed by atoms with van der Waals surface area (Å²) in [6.07, 6.45) is 0. The lowest BCUT2D eigenvalue weighted by atomic mass is 10.2. The highest BCUT2D eigenvalue weighted by Gasteiger charge is 2.31. The average Bonchev–Trinajstić information content (AvgIpc) is 2.81. The Morgan fingerprint density at radius 3 is 2.83 bits per heavy atom. The maximum Gasteiger partial charge on any atom is 0.294 e. The van der Waals surface area contributed by atoms with Crippen LogP contribution in [0.1, 0.15) is 43.1 Å². The molecule has 0 aromatic carbocycles. The van der Waals surface area contributed by atoms with Crippen LogP contribution in [0.5, 0.6) is 0 Å². The van der Waals surface area contributed by atoms with Crippen molar-refractivity contribution in [2.75, 3.05) is 13.1 Å². The molecule has 7 nitrogen and oxygen atoms in total. The minimum Gasteiger partial charge on any atom is -0.353 e. The van der Waals surface area contributed by atoms with Gasteiger partial charge in [0, 0.05) is 19.0 Å². The summed E-state index contributed by atoms with van der Waals surface area (Å²) in [6.45, 7) is 6.58. The number of carbonyl (C=O) groups excluding carboxylic acids is 2. The molecule has 1 unspecified atom stereocenters. The van der Waals surface area contributed by atoms with Crippen molar-refractivity contribution in [3.05, 3.63) is 11.6 Å². The zero-order valence-corrected chi connectivity index (χ0v) is 10.7. The number of nitrogens with zero attached hydrogens (tertiary/aromatic N) is 3. The van der Waals surface area contributed by atoms with Gasteiger partial charge < -0.3 is 10.2 Å². The van der Waals surface area contributed by atoms with E-state index in [0.29, 0.717) is 18.9 Å². The molecule has 1 aliphatic rings. The average molecular weight is 251 g/mol. The van der Waals surface area contributed by atoms with Crippen LogP contribution in [0.15, 0.2) is 0 Å². The van der Waals surface area contributed by atoms with E-state index >= 15 is 0 Å². The van der Waals surface area contributed by atoms with Gasteiger partial charge in [-0.1, -0.05) is 13.8 Å². The van der Waals surface area contributed by atoms with E-state index in [1.165, 1.54) is 4.90 Å². The number of carbonyl (C=O) groups is 2. The van der Waals surface area contributed by atoms with E-state index in [0.717, 1.165) is 0 Å². The van der Waals surface area contributed by atoms with Gasteiger partial charge >= 0.3 is 0 Å². The van der Waals surface area contributed by atoms with Crippen LogP contribution in [0.25, 0.3) is 0 Å². The van der Waals surface area contributed by atoms with E-state index in [-0.39, 0.29) is 23.6 Å². The van der Waals surface area contributed by atoms with Crippen LogP contribution in [0.2, 0.25) is 0 Å². The summed E-state index contributed by atoms with van der Waals surface area (Å²) in [7, 11) is 0. The first-order valence-electron chi connectivity index (χ1n) is 6.01. The van der Waals surface area contributed by atoms with Crippen LogP contribution in [0, 0.1) is 0 Å². The molecule has 98 valence electrons. The van der Waals surface area contributed by atoms with Gasteiger partial charge in [0.05, 0.1) is 0 Å². The third-order valence-electron chi connectivity index (χ3n) is 3.00. The number of piperazine rings is 1. The van der Waals surface area contributed by atoms with E-state index in [1.54, 1.807) is 6.92 Å². The van der Waals surface area contributed by atoms with Crippen molar-refractivity contribution in [2.24, 2.45) is 0 Å². The van der Waals surface area contributed by atoms with Gasteiger partial charge in [0.25, 0.3) is 5.91 Å². The third kappa shape index (κ3) is 2.20. The summed E-state index contributed by atoms with van der Waals surface area (Å²) in [4.78, 5) is 29.3. The summed E-state index contributed by atoms with van der Waals surface area (Å²) in [6, 6.07) is -0.479. The summed E-state index contributed by atoms with van der Waals surface area (Å²) in [5, 5.41) is 9.37. The highest BCUT2D eigenvalue weighted by Crippen LogP contribution is 2.11. The topological polar surface area (TPSA) is 91.0 Å². The fraction of sp³-hybridized carbons (Fsp3) is 0.636. The maximum absolute atomic E-state index is 12.2. The van der Waals surface area contributed by atoms with Crippen molar-refractivity contribution in [3.63, 3.8) is 0 Å². The fourth-order valence-corrected chi connectivity index (χ4v) is 1.82. The lowest BCUT2D eigenvalue weighted by Gasteiger charge is -2.31. The largest absolute Gasteiger partial charge is 0.353 e. The number of aromatic amines is 1. The van der Waals surface area contributed by atoms with Crippen LogP contribution in [0.4, 0.5) is 0 Å². The van der Waals surface area contributed by atoms with Gasteiger partial charge in [-0.3, -0.25) is 14.7 Å². The second kappa shape index (κ2) is 4.75. The molecule has 2 rings (SSSR count). The van der Waals surface area contributed by atoms with Crippen LogP contribution < -0.4 is 5.32 Å². The van der Waals surface area contributed by atoms with E-state index in [4.69, 9.17) is 0 Å². The van der Waals surface area contributed by atoms with E-state index < -0.39 is 6.04 Å². The standard InChI is InChI=1S/C11H17N5O2/c1-6(2)8-13-9(15-14-8)11(18)16-5-4-12-10(17)7(16)3/h6-7H,4-5H2,1-3H3,(H,12,17)(H,13,14,15). The molecule has 1 saturated heterocycles. The van der Waals surface area contributed by atoms with Gasteiger partial charge in [-0.05, 0) is 6.92 Å². The molecule has 0 spiro atoms. The lowest BCUT2D eigenvalue weighted by Crippen LogP contribution is -2.56. The maximum atomic E-state index is 12.2. The molecular weight excluding hydrogens is 234 g/mol. The molecule has 0 aliphatic carbocycles. The van der Waals surface area contributed by atoms with Crippen molar-refractivity contribution in [1.82, 2.24) is 25.4 Å². The number of aromatic nitrogens is 3. The number of amides is 2. The third-order valence-corrected chi connectivity index (χ3v) is 3.00. The smallest absolute Gasteiger partial charge is 0.294 e. The quantitative estimate of drug-likeness (QED) is 0.767. The van der Waals surface area contributed by atoms with Crippen molar-refractivity contribution >= 4 is 11.8 Å². The van der Waals surface area contributed by atoms with Crippen LogP contribution in [-0.2, 0) is 4.79 Å². The highest BCUT2D eigenvalue weighted by molar-refractivity contribution is 5.95. The molecule has 1 aliphatic heterocycles. The van der Waals surface area contributed by atoms with Gasteiger partial charge in [0.1, 0.15) is 11.9 Å². The van der Waals surface area contributed by atoms with Crippen molar-refractivity contribution < 1.29 is 9.59 Å². The first-order chi connectivity index (χ1) is 8.50. The Bertz CT molecular complexity index is 468. The van der Waals surface area contributed by atoms with Gasteiger partial charge in [0.2, 0.25) is 11.7 Å². The Morgan fingerprint density at radius 1 is 1.50 bits per heavy atom. The Balaban J connectivity index is 2.17. The Morgan fingerprint density at radius 2 is 2.22 bits per heavy atom. The molecule has 1 fully saturated rings. The molecular formula is C11H17N5O2. The molecule has 2 N–H and O–H groups in total. The van der Waals surface area contributed by atoms with E-state index in [9.17, 15) is 9.59 Å². The predicted octanol–water partition coefficient (Wildman–Crippen LogP) is -0.111. The first-order valence-corrected chi connectivity index (χ1v) is 6.01. The molecule has 1 aromatic heterocycles. The van der Waals surface area contributed by atoms with Gasteiger partial charge in [-0.2, -0.15) is 0 Å². The Kier molecular flexibility index (Phi) is 3.31. The summed E-state index contributed by atoms with van der Waals surface area (Å²) >= 11 is 0. The molecule has 7 heteroatoms. The van der Waals surface area contributed by atoms with Crippen LogP contribution in [0.3, 0.4) is 0 Å². The predicted molar refractivity (Wildman–Crippen MR) is 64.0 cm³/mol. The zero-order chi connectivity index (χ0) is 13.3. The van der Waals surface area contributed by atoms with Crippen LogP contribution in [-0.4, -0.2) is 51.0 Å². The number of H-pyrrole nitrogens is 1. The molecule has 18 heavy (non-hydrogen) atoms. The number of nitrogens with one attached hydrogen (secondary N) is 2. The van der Waals surface area contributed by atoms with Crippen LogP contribution >= 0.6 is 0 Å². The molecule has 1 atom stereocenters. The number of hydrogen-bond acceptors (Lipinski definition) is 4. The monoisotopic (exact) mass is 251 g/mol. The van der Waals surface area contributed by atoms with E-state index in [2.05, 4.69) is 20.5 Å². The van der Waals surface area contributed by atoms with Gasteiger partial charge in [0.15, 0.2) is 0 Å². The fourth-order valence-electron chi connectivity index (χ4n) is 1.82. The first kappa shape index (κ1) is 12.5. The van der Waals surface area contributed by atoms with Crippen molar-refractivity contribution in [2.45, 2.75) is 32.7 Å². The van der Waals surface area contributed by atoms with Crippen molar-refractivity contribution in [3.8, 4) is 0 Å². The second-order valence-corrected chi connectivity index (χ2v) is 4.66. The summed E-state index contributed by atoms with van der Waals surface area (Å²) in [5.74, 6) is 0.531. The van der Waals surface area contributed by atoms with Crippen molar-refractivity contribution in [1.29, 1.82) is 0 Å². The summed E-state index contributed by atoms with van der Waals surface area (Å²) in [5.41, 5.74) is 0. The lowest BCUT2D eigenvalue weighted by molar-refractivity contribution is -0.127. The molecule has 1 aromatic rings. The van der Waals surface area contributed by atoms with E-state index in [1.807, 2.05) is 13.8 Å². The second-order valence-electron chi connectivity index (χ2n) is 4.66. The highest BCUT2D eigenvalue weighted by atomic mass is 16.2. The molecule has 0 radical (unpaired) electrons. The van der Waals surface area contributed by atoms with Gasteiger partial charge in [-0.25, -0.2) is 4.98 Å². The SMILES string of the molecule is CC(C)c1nc(C(=O)N2CCNC(=O)C2C)n[nH]1. The molecule has 0 bridgehead atoms. The number of rotatable bonds is 2. The number of hydrogen-bond donors (Lipinski definition) is 2. The minimum absolute atomic E-state index is 0.125. The summed E-state index contributed by atoms with van der Waals surface area (Å²) < 4.78 is 0. The molecule has 2 heterocycles. The molecule has 2 amide bonds. The Labute approximate surface area is 105 Å². The zero-order valence-electron chi connectivity index (χ0n) is 10.7. The minimum atomic E-state index is -0.479. The van der Waals surface area contributed by atoms with Gasteiger partial charge in [-0.15, -0.1) is 5.10 Å². The Hall–Kier alpha value is -1.92. The normalized spacial score (nSPS) is 20.1.